The van der Waals surface area contributed by atoms with Crippen molar-refractivity contribution in [3.63, 3.8) is 0 Å². The van der Waals surface area contributed by atoms with Crippen LogP contribution in [0.25, 0.3) is 0 Å². The largest absolute Gasteiger partial charge is 0.454 e. The minimum Gasteiger partial charge on any atom is -0.454 e. The van der Waals surface area contributed by atoms with Crippen molar-refractivity contribution in [3.8, 4) is 11.5 Å². The molecule has 0 saturated carbocycles. The summed E-state index contributed by atoms with van der Waals surface area (Å²) in [5.74, 6) is 1.58. The Kier molecular flexibility index (Phi) is 3.76. The summed E-state index contributed by atoms with van der Waals surface area (Å²) in [5, 5.41) is 0. The van der Waals surface area contributed by atoms with Gasteiger partial charge < -0.3 is 9.47 Å². The molecule has 0 aliphatic carbocycles. The molecule has 3 nitrogen and oxygen atoms in total. The lowest BCUT2D eigenvalue weighted by Gasteiger charge is -2.11. The zero-order valence-electron chi connectivity index (χ0n) is 9.26. The molecule has 1 heterocycles. The van der Waals surface area contributed by atoms with Crippen LogP contribution in [0, 0.1) is 0 Å². The second-order valence-electron chi connectivity index (χ2n) is 3.56. The number of rotatable bonds is 4. The zero-order chi connectivity index (χ0) is 11.5. The fourth-order valence-electron chi connectivity index (χ4n) is 1.60. The Morgan fingerprint density at radius 1 is 1.44 bits per heavy atom. The first-order valence-electron chi connectivity index (χ1n) is 4.94. The van der Waals surface area contributed by atoms with Crippen LogP contribution in [-0.4, -0.2) is 28.1 Å². The van der Waals surface area contributed by atoms with E-state index in [-0.39, 0.29) is 4.58 Å². The van der Waals surface area contributed by atoms with Gasteiger partial charge in [0.1, 0.15) is 0 Å². The van der Waals surface area contributed by atoms with Gasteiger partial charge in [-0.1, -0.05) is 6.07 Å². The number of ether oxygens (including phenoxy) is 2. The summed E-state index contributed by atoms with van der Waals surface area (Å²) in [5.41, 5.74) is 1.14. The highest BCUT2D eigenvalue weighted by Crippen LogP contribution is 2.33. The van der Waals surface area contributed by atoms with E-state index in [1.54, 1.807) is 18.0 Å². The summed E-state index contributed by atoms with van der Waals surface area (Å²) >= 11 is 1.63. The van der Waals surface area contributed by atoms with E-state index >= 15 is 0 Å². The molecule has 0 radical (unpaired) electrons. The summed E-state index contributed by atoms with van der Waals surface area (Å²) in [4.78, 5) is 0. The summed E-state index contributed by atoms with van der Waals surface area (Å²) < 4.78 is 22.1. The minimum atomic E-state index is -0.811. The van der Waals surface area contributed by atoms with Crippen molar-refractivity contribution in [1.82, 2.24) is 0 Å². The summed E-state index contributed by atoms with van der Waals surface area (Å²) in [7, 11) is -0.811. The van der Waals surface area contributed by atoms with Crippen LogP contribution in [0.15, 0.2) is 18.2 Å². The maximum absolute atomic E-state index is 11.4. The lowest BCUT2D eigenvalue weighted by Crippen LogP contribution is -2.12. The average Bonchev–Trinajstić information content (AvgIpc) is 2.72. The molecular formula is C11H14O3S2. The summed E-state index contributed by atoms with van der Waals surface area (Å²) in [6.07, 6.45) is 4.52. The van der Waals surface area contributed by atoms with Crippen molar-refractivity contribution in [3.05, 3.63) is 23.8 Å². The van der Waals surface area contributed by atoms with Crippen LogP contribution < -0.4 is 9.47 Å². The maximum atomic E-state index is 11.4. The summed E-state index contributed by atoms with van der Waals surface area (Å²) in [6.45, 7) is 0.296. The minimum absolute atomic E-state index is 0.139. The smallest absolute Gasteiger partial charge is 0.231 e. The first kappa shape index (κ1) is 11.8. The highest BCUT2D eigenvalue weighted by Gasteiger charge is 2.16. The van der Waals surface area contributed by atoms with Crippen molar-refractivity contribution < 1.29 is 13.7 Å². The third-order valence-electron chi connectivity index (χ3n) is 2.47. The van der Waals surface area contributed by atoms with Gasteiger partial charge in [-0.15, -0.1) is 11.8 Å². The van der Waals surface area contributed by atoms with Gasteiger partial charge in [0.25, 0.3) is 0 Å². The number of hydrogen-bond acceptors (Lipinski definition) is 4. The molecule has 2 unspecified atom stereocenters. The average molecular weight is 258 g/mol. The molecule has 1 aromatic carbocycles. The van der Waals surface area contributed by atoms with E-state index in [1.807, 2.05) is 24.5 Å². The van der Waals surface area contributed by atoms with E-state index in [0.29, 0.717) is 6.79 Å². The van der Waals surface area contributed by atoms with E-state index in [1.165, 1.54) is 0 Å². The van der Waals surface area contributed by atoms with Gasteiger partial charge in [0.2, 0.25) is 6.79 Å². The Labute approximate surface area is 102 Å². The topological polar surface area (TPSA) is 35.5 Å². The molecule has 0 amide bonds. The Morgan fingerprint density at radius 2 is 2.19 bits per heavy atom. The summed E-state index contributed by atoms with van der Waals surface area (Å²) in [6, 6.07) is 5.88. The normalized spacial score (nSPS) is 17.1. The molecule has 1 aromatic rings. The van der Waals surface area contributed by atoms with Crippen molar-refractivity contribution in [2.75, 3.05) is 19.3 Å². The van der Waals surface area contributed by atoms with Crippen LogP contribution >= 0.6 is 11.8 Å². The van der Waals surface area contributed by atoms with Crippen molar-refractivity contribution in [1.29, 1.82) is 0 Å². The predicted molar refractivity (Wildman–Crippen MR) is 67.6 cm³/mol. The van der Waals surface area contributed by atoms with E-state index in [9.17, 15) is 4.21 Å². The fraction of sp³-hybridized carbons (Fsp3) is 0.455. The standard InChI is InChI=1S/C11H14O3S2/c1-15-11(16(2)12)6-8-3-4-9-10(5-8)14-7-13-9/h3-5,11H,6-7H2,1-2H3. The number of thioether (sulfide) groups is 1. The van der Waals surface area contributed by atoms with Crippen molar-refractivity contribution >= 4 is 22.6 Å². The van der Waals surface area contributed by atoms with Crippen LogP contribution in [0.1, 0.15) is 5.56 Å². The number of benzene rings is 1. The van der Waals surface area contributed by atoms with E-state index in [4.69, 9.17) is 9.47 Å². The van der Waals surface area contributed by atoms with Gasteiger partial charge in [-0.3, -0.25) is 4.21 Å². The highest BCUT2D eigenvalue weighted by atomic mass is 32.2. The lowest BCUT2D eigenvalue weighted by molar-refractivity contribution is 0.174. The second kappa shape index (κ2) is 5.10. The highest BCUT2D eigenvalue weighted by molar-refractivity contribution is 8.10. The third-order valence-corrected chi connectivity index (χ3v) is 5.46. The molecule has 16 heavy (non-hydrogen) atoms. The fourth-order valence-corrected chi connectivity index (χ4v) is 3.47. The first-order chi connectivity index (χ1) is 7.70. The van der Waals surface area contributed by atoms with Gasteiger partial charge in [-0.25, -0.2) is 0 Å². The Bertz CT molecular complexity index is 406. The Hall–Kier alpha value is -0.680. The number of hydrogen-bond donors (Lipinski definition) is 0. The lowest BCUT2D eigenvalue weighted by atomic mass is 10.1. The van der Waals surface area contributed by atoms with Gasteiger partial charge in [0.15, 0.2) is 11.5 Å². The van der Waals surface area contributed by atoms with Crippen molar-refractivity contribution in [2.24, 2.45) is 0 Å². The quantitative estimate of drug-likeness (QED) is 0.828. The molecule has 1 aliphatic rings. The first-order valence-corrected chi connectivity index (χ1v) is 7.85. The predicted octanol–water partition coefficient (Wildman–Crippen LogP) is 2.03. The molecule has 88 valence electrons. The molecule has 0 saturated heterocycles. The SMILES string of the molecule is CSC(Cc1ccc2c(c1)OCO2)S(C)=O. The van der Waals surface area contributed by atoms with E-state index in [0.717, 1.165) is 23.5 Å². The second-order valence-corrected chi connectivity index (χ2v) is 6.46. The molecule has 2 atom stereocenters. The van der Waals surface area contributed by atoms with E-state index < -0.39 is 10.8 Å². The van der Waals surface area contributed by atoms with Gasteiger partial charge in [0.05, 0.1) is 4.58 Å². The van der Waals surface area contributed by atoms with Gasteiger partial charge in [-0.05, 0) is 30.4 Å². The molecule has 0 aromatic heterocycles. The number of fused-ring (bicyclic) bond motifs is 1. The zero-order valence-corrected chi connectivity index (χ0v) is 10.9. The molecule has 0 fully saturated rings. The molecule has 0 spiro atoms. The van der Waals surface area contributed by atoms with Gasteiger partial charge >= 0.3 is 0 Å². The maximum Gasteiger partial charge on any atom is 0.231 e. The van der Waals surface area contributed by atoms with E-state index in [2.05, 4.69) is 0 Å². The van der Waals surface area contributed by atoms with Crippen LogP contribution in [0.5, 0.6) is 11.5 Å². The third kappa shape index (κ3) is 2.52. The molecular weight excluding hydrogens is 244 g/mol. The van der Waals surface area contributed by atoms with Crippen molar-refractivity contribution in [2.45, 2.75) is 11.0 Å². The molecule has 1 aliphatic heterocycles. The van der Waals surface area contributed by atoms with Gasteiger partial charge in [-0.2, -0.15) is 0 Å². The van der Waals surface area contributed by atoms with Crippen LogP contribution in [0.4, 0.5) is 0 Å². The monoisotopic (exact) mass is 258 g/mol. The van der Waals surface area contributed by atoms with Crippen LogP contribution in [0.2, 0.25) is 0 Å². The van der Waals surface area contributed by atoms with Crippen LogP contribution in [-0.2, 0) is 17.2 Å². The molecule has 0 N–H and O–H groups in total. The Balaban J connectivity index is 2.13. The molecule has 0 bridgehead atoms. The van der Waals surface area contributed by atoms with Gasteiger partial charge in [0, 0.05) is 17.1 Å². The van der Waals surface area contributed by atoms with Crippen LogP contribution in [0.3, 0.4) is 0 Å². The molecule has 2 rings (SSSR count). The molecule has 5 heteroatoms. The Morgan fingerprint density at radius 3 is 2.88 bits per heavy atom.